The fourth-order valence-electron chi connectivity index (χ4n) is 2.24. The van der Waals surface area contributed by atoms with E-state index in [1.807, 2.05) is 29.9 Å². The lowest BCUT2D eigenvalue weighted by Crippen LogP contribution is -2.34. The van der Waals surface area contributed by atoms with Crippen LogP contribution in [-0.2, 0) is 19.9 Å². The average molecular weight is 327 g/mol. The van der Waals surface area contributed by atoms with Crippen molar-refractivity contribution in [2.24, 2.45) is 7.05 Å². The van der Waals surface area contributed by atoms with Gasteiger partial charge in [0.25, 0.3) is 0 Å². The van der Waals surface area contributed by atoms with Gasteiger partial charge in [-0.15, -0.1) is 0 Å². The normalized spacial score (nSPS) is 12.6. The van der Waals surface area contributed by atoms with Gasteiger partial charge in [0.15, 0.2) is 0 Å². The monoisotopic (exact) mass is 326 g/mol. The van der Waals surface area contributed by atoms with Gasteiger partial charge in [0.2, 0.25) is 0 Å². The zero-order valence-electron chi connectivity index (χ0n) is 12.3. The number of nitrogens with one attached hydrogen (secondary N) is 1. The lowest BCUT2D eigenvalue weighted by atomic mass is 10.0. The van der Waals surface area contributed by atoms with E-state index in [0.717, 1.165) is 31.6 Å². The third-order valence-electron chi connectivity index (χ3n) is 3.38. The molecule has 1 aromatic heterocycles. The molecule has 0 aliphatic rings. The van der Waals surface area contributed by atoms with Crippen molar-refractivity contribution in [3.05, 3.63) is 46.0 Å². The second-order valence-electron chi connectivity index (χ2n) is 5.11. The maximum absolute atomic E-state index is 6.09. The first-order chi connectivity index (χ1) is 10.1. The zero-order valence-corrected chi connectivity index (χ0v) is 13.8. The smallest absolute Gasteiger partial charge is 0.138 e. The van der Waals surface area contributed by atoms with Crippen molar-refractivity contribution >= 4 is 23.2 Å². The summed E-state index contributed by atoms with van der Waals surface area (Å²) in [5.74, 6) is 0.976. The van der Waals surface area contributed by atoms with Crippen molar-refractivity contribution in [2.75, 3.05) is 6.54 Å². The van der Waals surface area contributed by atoms with Gasteiger partial charge in [0, 0.05) is 19.5 Å². The van der Waals surface area contributed by atoms with Crippen molar-refractivity contribution in [2.45, 2.75) is 32.2 Å². The van der Waals surface area contributed by atoms with Crippen LogP contribution < -0.4 is 5.32 Å². The Labute approximate surface area is 135 Å². The van der Waals surface area contributed by atoms with Gasteiger partial charge in [-0.3, -0.25) is 4.68 Å². The van der Waals surface area contributed by atoms with Crippen LogP contribution >= 0.6 is 23.2 Å². The van der Waals surface area contributed by atoms with Crippen LogP contribution in [0.4, 0.5) is 0 Å². The number of hydrogen-bond donors (Lipinski definition) is 1. The predicted octanol–water partition coefficient (Wildman–Crippen LogP) is 3.28. The molecule has 0 radical (unpaired) electrons. The Balaban J connectivity index is 2.08. The first-order valence-corrected chi connectivity index (χ1v) is 7.86. The van der Waals surface area contributed by atoms with Crippen LogP contribution in [0.2, 0.25) is 10.0 Å². The molecule has 1 N–H and O–H groups in total. The van der Waals surface area contributed by atoms with E-state index in [9.17, 15) is 0 Å². The highest BCUT2D eigenvalue weighted by molar-refractivity contribution is 6.42. The summed E-state index contributed by atoms with van der Waals surface area (Å²) in [6, 6.07) is 6.09. The number of nitrogens with zero attached hydrogens (tertiary/aromatic N) is 3. The molecular formula is C15H20Cl2N4. The molecule has 0 spiro atoms. The fraction of sp³-hybridized carbons (Fsp3) is 0.467. The third-order valence-corrected chi connectivity index (χ3v) is 4.12. The van der Waals surface area contributed by atoms with E-state index in [1.54, 1.807) is 6.33 Å². The molecule has 0 aliphatic carbocycles. The molecule has 0 fully saturated rings. The van der Waals surface area contributed by atoms with Gasteiger partial charge in [0.1, 0.15) is 12.2 Å². The highest BCUT2D eigenvalue weighted by atomic mass is 35.5. The molecule has 1 unspecified atom stereocenters. The molecule has 1 atom stereocenters. The highest BCUT2D eigenvalue weighted by Crippen LogP contribution is 2.23. The van der Waals surface area contributed by atoms with Crippen molar-refractivity contribution in [1.82, 2.24) is 20.1 Å². The van der Waals surface area contributed by atoms with Crippen LogP contribution in [0.3, 0.4) is 0 Å². The molecule has 114 valence electrons. The summed E-state index contributed by atoms with van der Waals surface area (Å²) >= 11 is 12.1. The third kappa shape index (κ3) is 4.70. The molecule has 0 saturated heterocycles. The Morgan fingerprint density at radius 2 is 2.05 bits per heavy atom. The average Bonchev–Trinajstić information content (AvgIpc) is 2.85. The fourth-order valence-corrected chi connectivity index (χ4v) is 2.56. The van der Waals surface area contributed by atoms with Crippen molar-refractivity contribution in [1.29, 1.82) is 0 Å². The number of benzene rings is 1. The van der Waals surface area contributed by atoms with E-state index >= 15 is 0 Å². The zero-order chi connectivity index (χ0) is 15.2. The summed E-state index contributed by atoms with van der Waals surface area (Å²) in [6.45, 7) is 3.13. The number of halogens is 2. The molecule has 0 bridgehead atoms. The Hall–Kier alpha value is -1.10. The predicted molar refractivity (Wildman–Crippen MR) is 87.0 cm³/mol. The van der Waals surface area contributed by atoms with Crippen LogP contribution in [0.25, 0.3) is 0 Å². The lowest BCUT2D eigenvalue weighted by molar-refractivity contribution is 0.485. The molecule has 0 amide bonds. The number of aromatic nitrogens is 3. The van der Waals surface area contributed by atoms with Crippen molar-refractivity contribution in [3.63, 3.8) is 0 Å². The summed E-state index contributed by atoms with van der Waals surface area (Å²) in [4.78, 5) is 4.30. The molecule has 21 heavy (non-hydrogen) atoms. The lowest BCUT2D eigenvalue weighted by Gasteiger charge is -2.18. The van der Waals surface area contributed by atoms with E-state index in [2.05, 4.69) is 22.3 Å². The molecule has 6 heteroatoms. The van der Waals surface area contributed by atoms with Crippen molar-refractivity contribution < 1.29 is 0 Å². The maximum Gasteiger partial charge on any atom is 0.138 e. The van der Waals surface area contributed by atoms with Crippen molar-refractivity contribution in [3.8, 4) is 0 Å². The van der Waals surface area contributed by atoms with Gasteiger partial charge >= 0.3 is 0 Å². The Morgan fingerprint density at radius 3 is 2.67 bits per heavy atom. The maximum atomic E-state index is 6.09. The van der Waals surface area contributed by atoms with E-state index in [-0.39, 0.29) is 0 Å². The van der Waals surface area contributed by atoms with E-state index < -0.39 is 0 Å². The Morgan fingerprint density at radius 1 is 1.24 bits per heavy atom. The van der Waals surface area contributed by atoms with Crippen LogP contribution in [-0.4, -0.2) is 27.4 Å². The molecule has 1 heterocycles. The Bertz CT molecular complexity index is 583. The van der Waals surface area contributed by atoms with Crippen LogP contribution in [0.15, 0.2) is 24.5 Å². The quantitative estimate of drug-likeness (QED) is 0.849. The second-order valence-corrected chi connectivity index (χ2v) is 5.92. The summed E-state index contributed by atoms with van der Waals surface area (Å²) in [6.07, 6.45) is 4.39. The molecule has 1 aromatic carbocycles. The molecule has 2 rings (SSSR count). The summed E-state index contributed by atoms with van der Waals surface area (Å²) in [5.41, 5.74) is 1.17. The minimum Gasteiger partial charge on any atom is -0.313 e. The largest absolute Gasteiger partial charge is 0.313 e. The first kappa shape index (κ1) is 16.3. The summed E-state index contributed by atoms with van der Waals surface area (Å²) in [7, 11) is 1.92. The topological polar surface area (TPSA) is 42.7 Å². The number of aryl methyl sites for hydroxylation is 1. The van der Waals surface area contributed by atoms with Gasteiger partial charge in [-0.25, -0.2) is 4.98 Å². The minimum atomic E-state index is 0.296. The minimum absolute atomic E-state index is 0.296. The van der Waals surface area contributed by atoms with E-state index in [1.165, 1.54) is 5.56 Å². The summed E-state index contributed by atoms with van der Waals surface area (Å²) < 4.78 is 1.81. The van der Waals surface area contributed by atoms with Crippen LogP contribution in [0.1, 0.15) is 24.7 Å². The van der Waals surface area contributed by atoms with E-state index in [0.29, 0.717) is 16.1 Å². The summed E-state index contributed by atoms with van der Waals surface area (Å²) in [5, 5.41) is 8.87. The molecule has 0 saturated carbocycles. The highest BCUT2D eigenvalue weighted by Gasteiger charge is 2.13. The van der Waals surface area contributed by atoms with Gasteiger partial charge in [-0.1, -0.05) is 36.2 Å². The standard InChI is InChI=1S/C15H20Cl2N4/c1-3-6-18-12(9-15-19-10-20-21(15)2)7-11-4-5-13(16)14(17)8-11/h4-5,8,10,12,18H,3,6-7,9H2,1-2H3. The Kier molecular flexibility index (Phi) is 6.03. The van der Waals surface area contributed by atoms with Crippen LogP contribution in [0.5, 0.6) is 0 Å². The van der Waals surface area contributed by atoms with Gasteiger partial charge in [0.05, 0.1) is 10.0 Å². The van der Waals surface area contributed by atoms with Gasteiger partial charge < -0.3 is 5.32 Å². The first-order valence-electron chi connectivity index (χ1n) is 7.10. The van der Waals surface area contributed by atoms with E-state index in [4.69, 9.17) is 23.2 Å². The SMILES string of the molecule is CCCNC(Cc1ccc(Cl)c(Cl)c1)Cc1ncnn1C. The second kappa shape index (κ2) is 7.78. The van der Waals surface area contributed by atoms with Gasteiger partial charge in [-0.05, 0) is 37.1 Å². The molecular weight excluding hydrogens is 307 g/mol. The number of rotatable bonds is 7. The molecule has 0 aliphatic heterocycles. The number of hydrogen-bond acceptors (Lipinski definition) is 3. The molecule has 4 nitrogen and oxygen atoms in total. The molecule has 2 aromatic rings. The van der Waals surface area contributed by atoms with Crippen LogP contribution in [0, 0.1) is 0 Å². The van der Waals surface area contributed by atoms with Gasteiger partial charge in [-0.2, -0.15) is 5.10 Å².